The Kier molecular flexibility index (Phi) is 6.70. The summed E-state index contributed by atoms with van der Waals surface area (Å²) in [5.41, 5.74) is 1.21. The maximum absolute atomic E-state index is 9.90. The number of aliphatic hydroxyl groups is 1. The minimum atomic E-state index is -0.454. The summed E-state index contributed by atoms with van der Waals surface area (Å²) in [4.78, 5) is 0. The number of ether oxygens (including phenoxy) is 1. The lowest BCUT2D eigenvalue weighted by Gasteiger charge is -2.22. The van der Waals surface area contributed by atoms with E-state index < -0.39 is 6.10 Å². The third-order valence-electron chi connectivity index (χ3n) is 3.49. The van der Waals surface area contributed by atoms with Crippen molar-refractivity contribution in [2.45, 2.75) is 37.5 Å². The summed E-state index contributed by atoms with van der Waals surface area (Å²) >= 11 is 2.05. The molecule has 0 aliphatic carbocycles. The lowest BCUT2D eigenvalue weighted by atomic mass is 10.2. The average Bonchev–Trinajstić information content (AvgIpc) is 2.48. The molecular formula is C16H25NO2S. The van der Waals surface area contributed by atoms with Gasteiger partial charge in [-0.1, -0.05) is 24.1 Å². The van der Waals surface area contributed by atoms with Gasteiger partial charge in [0.2, 0.25) is 0 Å². The van der Waals surface area contributed by atoms with Crippen LogP contribution in [-0.4, -0.2) is 41.9 Å². The van der Waals surface area contributed by atoms with Gasteiger partial charge in [0.05, 0.1) is 0 Å². The van der Waals surface area contributed by atoms with E-state index in [9.17, 15) is 5.11 Å². The molecule has 2 N–H and O–H groups in total. The normalized spacial score (nSPS) is 20.6. The van der Waals surface area contributed by atoms with E-state index in [1.807, 2.05) is 31.2 Å². The van der Waals surface area contributed by atoms with Crippen LogP contribution >= 0.6 is 11.8 Å². The Hall–Kier alpha value is -0.710. The van der Waals surface area contributed by atoms with Crippen molar-refractivity contribution in [3.63, 3.8) is 0 Å². The van der Waals surface area contributed by atoms with Gasteiger partial charge in [0, 0.05) is 18.3 Å². The Bertz CT molecular complexity index is 377. The molecule has 2 rings (SSSR count). The van der Waals surface area contributed by atoms with Crippen molar-refractivity contribution in [3.05, 3.63) is 29.8 Å². The van der Waals surface area contributed by atoms with E-state index in [1.54, 1.807) is 0 Å². The van der Waals surface area contributed by atoms with Crippen molar-refractivity contribution in [1.29, 1.82) is 0 Å². The number of thioether (sulfide) groups is 1. The van der Waals surface area contributed by atoms with Gasteiger partial charge in [-0.2, -0.15) is 11.8 Å². The average molecular weight is 295 g/mol. The first-order valence-electron chi connectivity index (χ1n) is 7.44. The van der Waals surface area contributed by atoms with Gasteiger partial charge in [-0.3, -0.25) is 0 Å². The van der Waals surface area contributed by atoms with Crippen molar-refractivity contribution in [2.24, 2.45) is 0 Å². The SMILES string of the molecule is Cc1ccc(OCC(O)CNCC2CCCCS2)cc1. The highest BCUT2D eigenvalue weighted by molar-refractivity contribution is 7.99. The van der Waals surface area contributed by atoms with Crippen LogP contribution < -0.4 is 10.1 Å². The fraction of sp³-hybridized carbons (Fsp3) is 0.625. The fourth-order valence-electron chi connectivity index (χ4n) is 2.27. The largest absolute Gasteiger partial charge is 0.491 e. The van der Waals surface area contributed by atoms with Crippen molar-refractivity contribution in [1.82, 2.24) is 5.32 Å². The third-order valence-corrected chi connectivity index (χ3v) is 4.89. The second kappa shape index (κ2) is 8.55. The predicted molar refractivity (Wildman–Crippen MR) is 85.6 cm³/mol. The first kappa shape index (κ1) is 15.7. The van der Waals surface area contributed by atoms with Crippen LogP contribution in [0.2, 0.25) is 0 Å². The topological polar surface area (TPSA) is 41.5 Å². The second-order valence-corrected chi connectivity index (χ2v) is 6.83. The molecule has 1 saturated heterocycles. The van der Waals surface area contributed by atoms with Gasteiger partial charge in [0.1, 0.15) is 18.5 Å². The van der Waals surface area contributed by atoms with Gasteiger partial charge in [-0.05, 0) is 37.7 Å². The molecular weight excluding hydrogens is 270 g/mol. The van der Waals surface area contributed by atoms with E-state index in [0.717, 1.165) is 12.3 Å². The molecule has 1 aromatic carbocycles. The Morgan fingerprint density at radius 2 is 2.15 bits per heavy atom. The quantitative estimate of drug-likeness (QED) is 0.811. The fourth-order valence-corrected chi connectivity index (χ4v) is 3.54. The first-order valence-corrected chi connectivity index (χ1v) is 8.49. The highest BCUT2D eigenvalue weighted by atomic mass is 32.2. The summed E-state index contributed by atoms with van der Waals surface area (Å²) < 4.78 is 5.57. The van der Waals surface area contributed by atoms with Gasteiger partial charge >= 0.3 is 0 Å². The standard InChI is InChI=1S/C16H25NO2S/c1-13-5-7-15(8-6-13)19-12-14(18)10-17-11-16-4-2-3-9-20-16/h5-8,14,16-18H,2-4,9-12H2,1H3. The molecule has 1 aliphatic heterocycles. The van der Waals surface area contributed by atoms with Crippen molar-refractivity contribution in [2.75, 3.05) is 25.4 Å². The molecule has 1 fully saturated rings. The summed E-state index contributed by atoms with van der Waals surface area (Å²) in [6.07, 6.45) is 3.55. The van der Waals surface area contributed by atoms with E-state index in [-0.39, 0.29) is 0 Å². The Morgan fingerprint density at radius 3 is 2.85 bits per heavy atom. The van der Waals surface area contributed by atoms with Crippen LogP contribution in [0.4, 0.5) is 0 Å². The van der Waals surface area contributed by atoms with E-state index in [4.69, 9.17) is 4.74 Å². The zero-order valence-corrected chi connectivity index (χ0v) is 13.0. The molecule has 2 atom stereocenters. The van der Waals surface area contributed by atoms with E-state index >= 15 is 0 Å². The first-order chi connectivity index (χ1) is 9.74. The summed E-state index contributed by atoms with van der Waals surface area (Å²) in [6.45, 7) is 3.98. The van der Waals surface area contributed by atoms with Gasteiger partial charge < -0.3 is 15.2 Å². The predicted octanol–water partition coefficient (Wildman–Crippen LogP) is 2.61. The molecule has 112 valence electrons. The molecule has 20 heavy (non-hydrogen) atoms. The van der Waals surface area contributed by atoms with Crippen molar-refractivity contribution in [3.8, 4) is 5.75 Å². The van der Waals surface area contributed by atoms with Crippen LogP contribution in [-0.2, 0) is 0 Å². The number of hydrogen-bond acceptors (Lipinski definition) is 4. The zero-order valence-electron chi connectivity index (χ0n) is 12.2. The number of rotatable bonds is 7. The van der Waals surface area contributed by atoms with Crippen LogP contribution in [0.3, 0.4) is 0 Å². The molecule has 0 saturated carbocycles. The number of hydrogen-bond donors (Lipinski definition) is 2. The van der Waals surface area contributed by atoms with Crippen LogP contribution in [0.15, 0.2) is 24.3 Å². The highest BCUT2D eigenvalue weighted by Gasteiger charge is 2.14. The van der Waals surface area contributed by atoms with Crippen LogP contribution in [0.25, 0.3) is 0 Å². The lowest BCUT2D eigenvalue weighted by molar-refractivity contribution is 0.106. The summed E-state index contributed by atoms with van der Waals surface area (Å²) in [5, 5.41) is 14.0. The molecule has 0 bridgehead atoms. The zero-order chi connectivity index (χ0) is 14.2. The maximum atomic E-state index is 9.90. The third kappa shape index (κ3) is 5.73. The van der Waals surface area contributed by atoms with Crippen LogP contribution in [0.5, 0.6) is 5.75 Å². The number of benzene rings is 1. The van der Waals surface area contributed by atoms with E-state index in [0.29, 0.717) is 18.4 Å². The van der Waals surface area contributed by atoms with E-state index in [2.05, 4.69) is 17.1 Å². The van der Waals surface area contributed by atoms with Crippen molar-refractivity contribution < 1.29 is 9.84 Å². The molecule has 4 heteroatoms. The number of aryl methyl sites for hydroxylation is 1. The molecule has 0 radical (unpaired) electrons. The summed E-state index contributed by atoms with van der Waals surface area (Å²) in [7, 11) is 0. The maximum Gasteiger partial charge on any atom is 0.119 e. The van der Waals surface area contributed by atoms with Crippen LogP contribution in [0.1, 0.15) is 24.8 Å². The van der Waals surface area contributed by atoms with Gasteiger partial charge in [-0.15, -0.1) is 0 Å². The molecule has 2 unspecified atom stereocenters. The second-order valence-electron chi connectivity index (χ2n) is 5.42. The molecule has 0 amide bonds. The summed E-state index contributed by atoms with van der Waals surface area (Å²) in [5.74, 6) is 2.10. The molecule has 0 spiro atoms. The van der Waals surface area contributed by atoms with Gasteiger partial charge in [0.15, 0.2) is 0 Å². The van der Waals surface area contributed by atoms with Crippen LogP contribution in [0, 0.1) is 6.92 Å². The smallest absolute Gasteiger partial charge is 0.119 e. The molecule has 1 heterocycles. The summed E-state index contributed by atoms with van der Waals surface area (Å²) in [6, 6.07) is 7.91. The van der Waals surface area contributed by atoms with Gasteiger partial charge in [-0.25, -0.2) is 0 Å². The molecule has 3 nitrogen and oxygen atoms in total. The monoisotopic (exact) mass is 295 g/mol. The Morgan fingerprint density at radius 1 is 1.35 bits per heavy atom. The van der Waals surface area contributed by atoms with Gasteiger partial charge in [0.25, 0.3) is 0 Å². The molecule has 0 aromatic heterocycles. The molecule has 1 aromatic rings. The Balaban J connectivity index is 1.57. The lowest BCUT2D eigenvalue weighted by Crippen LogP contribution is -2.35. The molecule has 1 aliphatic rings. The number of aliphatic hydroxyl groups excluding tert-OH is 1. The highest BCUT2D eigenvalue weighted by Crippen LogP contribution is 2.24. The van der Waals surface area contributed by atoms with E-state index in [1.165, 1.54) is 30.6 Å². The van der Waals surface area contributed by atoms with Crippen molar-refractivity contribution >= 4 is 11.8 Å². The number of nitrogens with one attached hydrogen (secondary N) is 1. The minimum absolute atomic E-state index is 0.341. The Labute approximate surface area is 126 Å². The minimum Gasteiger partial charge on any atom is -0.491 e.